The molecule has 0 aromatic heterocycles. The molecule has 232 valence electrons. The van der Waals surface area contributed by atoms with Crippen molar-refractivity contribution in [2.45, 2.75) is 62.4 Å². The van der Waals surface area contributed by atoms with Gasteiger partial charge < -0.3 is 15.0 Å². The minimum absolute atomic E-state index is 0.0294. The van der Waals surface area contributed by atoms with Gasteiger partial charge in [-0.2, -0.15) is 0 Å². The fourth-order valence-corrected chi connectivity index (χ4v) is 6.59. The number of halogens is 1. The SMILES string of the molecule is CCCCNC(=O)[C@@H](CC)N(Cc1ccccc1Cl)C(=O)CN(c1ccccc1OCC)S(=O)(=O)c1ccc(SC)cc1. The highest BCUT2D eigenvalue weighted by molar-refractivity contribution is 7.98. The number of amides is 2. The van der Waals surface area contributed by atoms with E-state index in [4.69, 9.17) is 16.3 Å². The molecule has 2 amide bonds. The maximum atomic E-state index is 14.3. The van der Waals surface area contributed by atoms with Crippen LogP contribution >= 0.6 is 23.4 Å². The fourth-order valence-electron chi connectivity index (χ4n) is 4.56. The van der Waals surface area contributed by atoms with Crippen molar-refractivity contribution in [3.63, 3.8) is 0 Å². The molecule has 43 heavy (non-hydrogen) atoms. The summed E-state index contributed by atoms with van der Waals surface area (Å²) in [4.78, 5) is 30.0. The second-order valence-electron chi connectivity index (χ2n) is 9.77. The van der Waals surface area contributed by atoms with Gasteiger partial charge in [0.15, 0.2) is 0 Å². The lowest BCUT2D eigenvalue weighted by Crippen LogP contribution is -2.52. The zero-order valence-corrected chi connectivity index (χ0v) is 27.5. The number of nitrogens with zero attached hydrogens (tertiary/aromatic N) is 2. The van der Waals surface area contributed by atoms with E-state index in [1.54, 1.807) is 67.6 Å². The van der Waals surface area contributed by atoms with Crippen molar-refractivity contribution in [1.29, 1.82) is 0 Å². The molecule has 0 aliphatic heterocycles. The van der Waals surface area contributed by atoms with Crippen molar-refractivity contribution < 1.29 is 22.7 Å². The zero-order valence-electron chi connectivity index (χ0n) is 25.1. The van der Waals surface area contributed by atoms with E-state index >= 15 is 0 Å². The van der Waals surface area contributed by atoms with Crippen molar-refractivity contribution >= 4 is 50.9 Å². The average molecular weight is 646 g/mol. The number of unbranched alkanes of at least 4 members (excludes halogenated alkanes) is 1. The summed E-state index contributed by atoms with van der Waals surface area (Å²) in [7, 11) is -4.23. The van der Waals surface area contributed by atoms with Gasteiger partial charge in [-0.05, 0) is 74.0 Å². The summed E-state index contributed by atoms with van der Waals surface area (Å²) in [6.07, 6.45) is 3.94. The van der Waals surface area contributed by atoms with Crippen LogP contribution in [0.5, 0.6) is 5.75 Å². The van der Waals surface area contributed by atoms with Gasteiger partial charge in [-0.3, -0.25) is 13.9 Å². The van der Waals surface area contributed by atoms with E-state index in [0.717, 1.165) is 22.0 Å². The number of carbonyl (C=O) groups is 2. The summed E-state index contributed by atoms with van der Waals surface area (Å²) < 4.78 is 35.2. The van der Waals surface area contributed by atoms with E-state index < -0.39 is 28.5 Å². The van der Waals surface area contributed by atoms with Gasteiger partial charge in [-0.1, -0.05) is 62.2 Å². The number of hydrogen-bond donors (Lipinski definition) is 1. The number of anilines is 1. The fraction of sp³-hybridized carbons (Fsp3) is 0.375. The number of benzene rings is 3. The molecule has 3 rings (SSSR count). The smallest absolute Gasteiger partial charge is 0.264 e. The molecular weight excluding hydrogens is 606 g/mol. The van der Waals surface area contributed by atoms with Crippen molar-refractivity contribution in [3.8, 4) is 5.75 Å². The van der Waals surface area contributed by atoms with Gasteiger partial charge in [0, 0.05) is 23.0 Å². The summed E-state index contributed by atoms with van der Waals surface area (Å²) in [6.45, 7) is 5.91. The molecule has 11 heteroatoms. The van der Waals surface area contributed by atoms with Crippen LogP contribution in [0.1, 0.15) is 45.6 Å². The van der Waals surface area contributed by atoms with Gasteiger partial charge in [-0.15, -0.1) is 11.8 Å². The Morgan fingerprint density at radius 3 is 2.28 bits per heavy atom. The number of hydrogen-bond acceptors (Lipinski definition) is 6. The van der Waals surface area contributed by atoms with Crippen LogP contribution in [-0.2, 0) is 26.2 Å². The first-order valence-electron chi connectivity index (χ1n) is 14.4. The second-order valence-corrected chi connectivity index (χ2v) is 12.9. The van der Waals surface area contributed by atoms with Crippen LogP contribution in [0.15, 0.2) is 82.6 Å². The van der Waals surface area contributed by atoms with E-state index in [1.165, 1.54) is 28.8 Å². The predicted octanol–water partition coefficient (Wildman–Crippen LogP) is 6.38. The number of thioether (sulfide) groups is 1. The predicted molar refractivity (Wildman–Crippen MR) is 174 cm³/mol. The van der Waals surface area contributed by atoms with Crippen LogP contribution in [0.25, 0.3) is 0 Å². The van der Waals surface area contributed by atoms with E-state index in [9.17, 15) is 18.0 Å². The highest BCUT2D eigenvalue weighted by Gasteiger charge is 2.35. The highest BCUT2D eigenvalue weighted by Crippen LogP contribution is 2.33. The topological polar surface area (TPSA) is 96.0 Å². The van der Waals surface area contributed by atoms with E-state index in [1.807, 2.05) is 20.1 Å². The normalized spacial score (nSPS) is 11.9. The molecule has 3 aromatic rings. The Labute approximate surface area is 264 Å². The van der Waals surface area contributed by atoms with Gasteiger partial charge in [0.05, 0.1) is 17.2 Å². The second kappa shape index (κ2) is 16.6. The molecule has 1 atom stereocenters. The molecule has 0 bridgehead atoms. The summed E-state index contributed by atoms with van der Waals surface area (Å²) in [6, 6.07) is 19.5. The summed E-state index contributed by atoms with van der Waals surface area (Å²) in [5, 5.41) is 3.37. The lowest BCUT2D eigenvalue weighted by Gasteiger charge is -2.33. The number of sulfonamides is 1. The van der Waals surface area contributed by atoms with E-state index in [0.29, 0.717) is 35.9 Å². The molecule has 0 fully saturated rings. The van der Waals surface area contributed by atoms with Gasteiger partial charge in [-0.25, -0.2) is 8.42 Å². The molecule has 3 aromatic carbocycles. The van der Waals surface area contributed by atoms with Crippen LogP contribution in [-0.4, -0.2) is 57.1 Å². The molecule has 0 unspecified atom stereocenters. The molecule has 0 heterocycles. The lowest BCUT2D eigenvalue weighted by molar-refractivity contribution is -0.140. The van der Waals surface area contributed by atoms with Gasteiger partial charge in [0.2, 0.25) is 11.8 Å². The van der Waals surface area contributed by atoms with E-state index in [2.05, 4.69) is 5.32 Å². The van der Waals surface area contributed by atoms with E-state index in [-0.39, 0.29) is 23.0 Å². The minimum Gasteiger partial charge on any atom is -0.492 e. The first kappa shape index (κ1) is 34.3. The molecule has 0 saturated carbocycles. The standard InChI is InChI=1S/C32H40ClN3O5S2/c1-5-8-21-34-32(38)28(6-2)35(22-24-13-9-10-14-27(24)33)31(37)23-36(29-15-11-12-16-30(29)41-7-3)43(39,40)26-19-17-25(42-4)18-20-26/h9-20,28H,5-8,21-23H2,1-4H3,(H,34,38)/t28-/m1/s1. The quantitative estimate of drug-likeness (QED) is 0.143. The summed E-state index contributed by atoms with van der Waals surface area (Å²) in [5.41, 5.74) is 0.874. The number of rotatable bonds is 16. The third-order valence-electron chi connectivity index (χ3n) is 6.87. The summed E-state index contributed by atoms with van der Waals surface area (Å²) in [5.74, 6) is -0.523. The maximum Gasteiger partial charge on any atom is 0.264 e. The zero-order chi connectivity index (χ0) is 31.4. The third kappa shape index (κ3) is 8.90. The van der Waals surface area contributed by atoms with Crippen molar-refractivity contribution in [1.82, 2.24) is 10.2 Å². The largest absolute Gasteiger partial charge is 0.492 e. The number of para-hydroxylation sites is 2. The Hall–Kier alpha value is -3.21. The monoisotopic (exact) mass is 645 g/mol. The highest BCUT2D eigenvalue weighted by atomic mass is 35.5. The average Bonchev–Trinajstić information content (AvgIpc) is 3.01. The maximum absolute atomic E-state index is 14.3. The summed E-state index contributed by atoms with van der Waals surface area (Å²) >= 11 is 7.97. The molecule has 0 aliphatic carbocycles. The number of carbonyl (C=O) groups excluding carboxylic acids is 2. The number of ether oxygens (including phenoxy) is 1. The Bertz CT molecular complexity index is 1470. The van der Waals surface area contributed by atoms with Crippen molar-refractivity contribution in [2.75, 3.05) is 30.3 Å². The Balaban J connectivity index is 2.10. The Kier molecular flexibility index (Phi) is 13.2. The molecule has 0 spiro atoms. The van der Waals surface area contributed by atoms with Gasteiger partial charge in [0.1, 0.15) is 18.3 Å². The molecule has 0 radical (unpaired) electrons. The van der Waals surface area contributed by atoms with Crippen LogP contribution in [0.2, 0.25) is 5.02 Å². The molecule has 0 aliphatic rings. The van der Waals surface area contributed by atoms with Crippen LogP contribution in [0, 0.1) is 0 Å². The Morgan fingerprint density at radius 1 is 0.977 bits per heavy atom. The van der Waals surface area contributed by atoms with Crippen LogP contribution in [0.3, 0.4) is 0 Å². The van der Waals surface area contributed by atoms with Crippen LogP contribution < -0.4 is 14.4 Å². The lowest BCUT2D eigenvalue weighted by atomic mass is 10.1. The first-order chi connectivity index (χ1) is 20.7. The van der Waals surface area contributed by atoms with Gasteiger partial charge >= 0.3 is 0 Å². The van der Waals surface area contributed by atoms with Gasteiger partial charge in [0.25, 0.3) is 10.0 Å². The minimum atomic E-state index is -4.23. The van der Waals surface area contributed by atoms with Crippen molar-refractivity contribution in [2.24, 2.45) is 0 Å². The first-order valence-corrected chi connectivity index (χ1v) is 17.4. The Morgan fingerprint density at radius 2 is 1.65 bits per heavy atom. The molecule has 1 N–H and O–H groups in total. The molecule has 8 nitrogen and oxygen atoms in total. The van der Waals surface area contributed by atoms with Crippen LogP contribution in [0.4, 0.5) is 5.69 Å². The third-order valence-corrected chi connectivity index (χ3v) is 9.76. The molecular formula is C32H40ClN3O5S2. The number of nitrogens with one attached hydrogen (secondary N) is 1. The molecule has 0 saturated heterocycles. The van der Waals surface area contributed by atoms with Crippen molar-refractivity contribution in [3.05, 3.63) is 83.4 Å².